The predicted molar refractivity (Wildman–Crippen MR) is 111 cm³/mol. The Morgan fingerprint density at radius 1 is 1.11 bits per heavy atom. The molecule has 6 heteroatoms. The normalized spacial score (nSPS) is 10.6. The van der Waals surface area contributed by atoms with Crippen LogP contribution in [0.1, 0.15) is 21.1 Å². The van der Waals surface area contributed by atoms with E-state index in [2.05, 4.69) is 63.7 Å². The van der Waals surface area contributed by atoms with Crippen LogP contribution in [0, 0.1) is 12.3 Å². The van der Waals surface area contributed by atoms with E-state index in [1.54, 1.807) is 16.7 Å². The summed E-state index contributed by atoms with van der Waals surface area (Å²) in [5, 5.41) is 5.08. The molecule has 0 atom stereocenters. The highest BCUT2D eigenvalue weighted by Gasteiger charge is 2.09. The minimum Gasteiger partial charge on any atom is -0.350 e. The van der Waals surface area contributed by atoms with Crippen LogP contribution in [-0.2, 0) is 6.42 Å². The van der Waals surface area contributed by atoms with E-state index in [9.17, 15) is 4.79 Å². The minimum atomic E-state index is -0.194. The molecule has 0 radical (unpaired) electrons. The van der Waals surface area contributed by atoms with Gasteiger partial charge in [-0.2, -0.15) is 0 Å². The molecule has 132 valence electrons. The Balaban J connectivity index is 1.36. The van der Waals surface area contributed by atoms with Crippen LogP contribution in [0.15, 0.2) is 53.4 Å². The third-order valence-corrected chi connectivity index (χ3v) is 5.76. The highest BCUT2D eigenvalue weighted by molar-refractivity contribution is 7.16. The van der Waals surface area contributed by atoms with Crippen molar-refractivity contribution in [1.29, 1.82) is 0 Å². The maximum atomic E-state index is 12.0. The largest absolute Gasteiger partial charge is 0.350 e. The second kappa shape index (κ2) is 7.70. The number of hydrogen-bond donors (Lipinski definition) is 1. The SMILES string of the molecule is C#Cc1nc(C(=O)NCCc2ccc(-c3ccc4scnc4c3)cc2)cs1. The molecule has 4 nitrogen and oxygen atoms in total. The molecule has 0 aliphatic carbocycles. The number of carbonyl (C=O) groups excluding carboxylic acids is 1. The van der Waals surface area contributed by atoms with Crippen molar-refractivity contribution >= 4 is 38.8 Å². The summed E-state index contributed by atoms with van der Waals surface area (Å²) >= 11 is 2.94. The first-order valence-corrected chi connectivity index (χ1v) is 10.1. The molecule has 27 heavy (non-hydrogen) atoms. The minimum absolute atomic E-state index is 0.194. The van der Waals surface area contributed by atoms with Crippen molar-refractivity contribution in [2.75, 3.05) is 6.54 Å². The molecule has 4 rings (SSSR count). The molecular weight excluding hydrogens is 374 g/mol. The highest BCUT2D eigenvalue weighted by atomic mass is 32.1. The molecule has 4 aromatic rings. The molecule has 0 saturated carbocycles. The van der Waals surface area contributed by atoms with Gasteiger partial charge in [0, 0.05) is 11.9 Å². The van der Waals surface area contributed by atoms with Gasteiger partial charge < -0.3 is 5.32 Å². The number of amides is 1. The summed E-state index contributed by atoms with van der Waals surface area (Å²) in [5.41, 5.74) is 6.74. The standard InChI is InChI=1S/C21H15N3OS2/c1-2-20-24-18(12-26-20)21(25)22-10-9-14-3-5-15(6-4-14)16-7-8-19-17(11-16)23-13-27-19/h1,3-8,11-13H,9-10H2,(H,22,25). The summed E-state index contributed by atoms with van der Waals surface area (Å²) in [6.07, 6.45) is 6.03. The van der Waals surface area contributed by atoms with Gasteiger partial charge in [-0.05, 0) is 41.2 Å². The number of aromatic nitrogens is 2. The molecule has 0 bridgehead atoms. The Labute approximate surface area is 164 Å². The lowest BCUT2D eigenvalue weighted by molar-refractivity contribution is 0.0950. The molecule has 0 spiro atoms. The average Bonchev–Trinajstić information content (AvgIpc) is 3.37. The molecule has 2 heterocycles. The fourth-order valence-electron chi connectivity index (χ4n) is 2.76. The first-order valence-electron chi connectivity index (χ1n) is 8.36. The van der Waals surface area contributed by atoms with E-state index < -0.39 is 0 Å². The van der Waals surface area contributed by atoms with Crippen LogP contribution in [0.5, 0.6) is 0 Å². The number of thiazole rings is 2. The Hall–Kier alpha value is -3.01. The first-order chi connectivity index (χ1) is 13.2. The van der Waals surface area contributed by atoms with E-state index in [0.717, 1.165) is 28.6 Å². The number of hydrogen-bond acceptors (Lipinski definition) is 5. The lowest BCUT2D eigenvalue weighted by Gasteiger charge is -2.06. The Morgan fingerprint density at radius 3 is 2.70 bits per heavy atom. The van der Waals surface area contributed by atoms with Gasteiger partial charge in [0.1, 0.15) is 5.69 Å². The van der Waals surface area contributed by atoms with Crippen molar-refractivity contribution in [1.82, 2.24) is 15.3 Å². The van der Waals surface area contributed by atoms with Gasteiger partial charge in [0.15, 0.2) is 5.01 Å². The number of benzene rings is 2. The summed E-state index contributed by atoms with van der Waals surface area (Å²) in [4.78, 5) is 20.5. The van der Waals surface area contributed by atoms with Crippen molar-refractivity contribution in [2.45, 2.75) is 6.42 Å². The maximum absolute atomic E-state index is 12.0. The maximum Gasteiger partial charge on any atom is 0.270 e. The second-order valence-corrected chi connectivity index (χ2v) is 7.66. The van der Waals surface area contributed by atoms with Gasteiger partial charge in [0.05, 0.1) is 15.7 Å². The third-order valence-electron chi connectivity index (χ3n) is 4.18. The summed E-state index contributed by atoms with van der Waals surface area (Å²) in [7, 11) is 0. The molecule has 0 fully saturated rings. The van der Waals surface area contributed by atoms with Gasteiger partial charge in [-0.15, -0.1) is 29.1 Å². The van der Waals surface area contributed by atoms with Gasteiger partial charge in [-0.1, -0.05) is 30.3 Å². The number of terminal acetylenes is 1. The smallest absolute Gasteiger partial charge is 0.270 e. The number of fused-ring (bicyclic) bond motifs is 1. The van der Waals surface area contributed by atoms with E-state index in [0.29, 0.717) is 17.2 Å². The molecule has 2 aromatic heterocycles. The summed E-state index contributed by atoms with van der Waals surface area (Å²) in [6.45, 7) is 0.547. The number of rotatable bonds is 5. The van der Waals surface area contributed by atoms with Gasteiger partial charge in [0.25, 0.3) is 5.91 Å². The number of carbonyl (C=O) groups is 1. The Morgan fingerprint density at radius 2 is 1.93 bits per heavy atom. The zero-order valence-corrected chi connectivity index (χ0v) is 15.9. The van der Waals surface area contributed by atoms with E-state index >= 15 is 0 Å². The van der Waals surface area contributed by atoms with Crippen molar-refractivity contribution < 1.29 is 4.79 Å². The fourth-order valence-corrected chi connectivity index (χ4v) is 4.02. The molecular formula is C21H15N3OS2. The monoisotopic (exact) mass is 389 g/mol. The van der Waals surface area contributed by atoms with Gasteiger partial charge in [-0.25, -0.2) is 9.97 Å². The molecule has 1 amide bonds. The van der Waals surface area contributed by atoms with Gasteiger partial charge in [-0.3, -0.25) is 4.79 Å². The Kier molecular flexibility index (Phi) is 4.97. The molecule has 0 aliphatic rings. The zero-order chi connectivity index (χ0) is 18.6. The average molecular weight is 390 g/mol. The Bertz CT molecular complexity index is 1140. The van der Waals surface area contributed by atoms with Crippen molar-refractivity contribution in [3.63, 3.8) is 0 Å². The van der Waals surface area contributed by atoms with Gasteiger partial charge in [0.2, 0.25) is 0 Å². The van der Waals surface area contributed by atoms with E-state index in [4.69, 9.17) is 6.42 Å². The quantitative estimate of drug-likeness (QED) is 0.516. The second-order valence-electron chi connectivity index (χ2n) is 5.92. The topological polar surface area (TPSA) is 54.9 Å². The zero-order valence-electron chi connectivity index (χ0n) is 14.3. The lowest BCUT2D eigenvalue weighted by Crippen LogP contribution is -2.25. The van der Waals surface area contributed by atoms with Crippen LogP contribution < -0.4 is 5.32 Å². The fraction of sp³-hybridized carbons (Fsp3) is 0.0952. The van der Waals surface area contributed by atoms with E-state index in [1.807, 2.05) is 5.51 Å². The van der Waals surface area contributed by atoms with Crippen molar-refractivity contribution in [3.05, 3.63) is 69.6 Å². The molecule has 1 N–H and O–H groups in total. The predicted octanol–water partition coefficient (Wildman–Crippen LogP) is 4.37. The van der Waals surface area contributed by atoms with Crippen LogP contribution in [-0.4, -0.2) is 22.4 Å². The number of nitrogens with one attached hydrogen (secondary N) is 1. The number of nitrogens with zero attached hydrogens (tertiary/aromatic N) is 2. The molecule has 0 unspecified atom stereocenters. The van der Waals surface area contributed by atoms with Crippen LogP contribution in [0.3, 0.4) is 0 Å². The summed E-state index contributed by atoms with van der Waals surface area (Å²) < 4.78 is 1.19. The third kappa shape index (κ3) is 3.90. The van der Waals surface area contributed by atoms with Crippen LogP contribution in [0.2, 0.25) is 0 Å². The summed E-state index contributed by atoms with van der Waals surface area (Å²) in [5.74, 6) is 2.24. The van der Waals surface area contributed by atoms with Crippen molar-refractivity contribution in [2.24, 2.45) is 0 Å². The van der Waals surface area contributed by atoms with Crippen LogP contribution >= 0.6 is 22.7 Å². The molecule has 2 aromatic carbocycles. The van der Waals surface area contributed by atoms with E-state index in [-0.39, 0.29) is 5.91 Å². The van der Waals surface area contributed by atoms with Crippen LogP contribution in [0.4, 0.5) is 0 Å². The molecule has 0 aliphatic heterocycles. The van der Waals surface area contributed by atoms with Gasteiger partial charge >= 0.3 is 0 Å². The lowest BCUT2D eigenvalue weighted by atomic mass is 10.0. The highest BCUT2D eigenvalue weighted by Crippen LogP contribution is 2.26. The first kappa shape index (κ1) is 17.4. The van der Waals surface area contributed by atoms with Crippen LogP contribution in [0.25, 0.3) is 21.3 Å². The molecule has 0 saturated heterocycles. The van der Waals surface area contributed by atoms with Crippen molar-refractivity contribution in [3.8, 4) is 23.5 Å². The summed E-state index contributed by atoms with van der Waals surface area (Å²) in [6, 6.07) is 14.7. The van der Waals surface area contributed by atoms with E-state index in [1.165, 1.54) is 16.0 Å².